The van der Waals surface area contributed by atoms with E-state index in [2.05, 4.69) is 213 Å². The molecule has 0 aromatic heterocycles. The van der Waals surface area contributed by atoms with Crippen molar-refractivity contribution in [2.24, 2.45) is 0 Å². The van der Waals surface area contributed by atoms with Crippen LogP contribution >= 0.6 is 6.34 Å². The number of nitrogens with zero attached hydrogens (tertiary/aromatic N) is 2. The predicted molar refractivity (Wildman–Crippen MR) is 209 cm³/mol. The Morgan fingerprint density at radius 1 is 0.438 bits per heavy atom. The summed E-state index contributed by atoms with van der Waals surface area (Å²) in [6, 6.07) is 54.6. The summed E-state index contributed by atoms with van der Waals surface area (Å²) >= 11 is 7.02. The number of benzene rings is 5. The van der Waals surface area contributed by atoms with Crippen molar-refractivity contribution in [2.75, 3.05) is 14.1 Å². The maximum absolute atomic E-state index is 7.02. The second kappa shape index (κ2) is 16.8. The summed E-state index contributed by atoms with van der Waals surface area (Å²) in [6.45, 7) is 9.06. The summed E-state index contributed by atoms with van der Waals surface area (Å²) in [5, 5.41) is 9.56. The van der Waals surface area contributed by atoms with Gasteiger partial charge in [-0.3, -0.25) is 20.0 Å². The molecule has 2 N–H and O–H groups in total. The molecule has 0 spiro atoms. The van der Waals surface area contributed by atoms with Gasteiger partial charge in [-0.05, 0) is 64.0 Å². The average molecular weight is 675 g/mol. The molecule has 4 atom stereocenters. The number of likely N-dealkylation sites (N-methyl/N-ethyl adjacent to an activating group) is 2. The van der Waals surface area contributed by atoms with Gasteiger partial charge in [0.05, 0.1) is 24.2 Å². The minimum atomic E-state index is -2.72. The van der Waals surface area contributed by atoms with Crippen LogP contribution in [0.15, 0.2) is 152 Å². The third-order valence-corrected chi connectivity index (χ3v) is 13.1. The first-order valence-corrected chi connectivity index (χ1v) is 19.8. The Bertz CT molecular complexity index is 1600. The molecule has 0 aliphatic carbocycles. The molecule has 0 amide bonds. The van der Waals surface area contributed by atoms with Gasteiger partial charge in [-0.1, -0.05) is 163 Å². The summed E-state index contributed by atoms with van der Waals surface area (Å²) in [4.78, 5) is 4.94. The van der Waals surface area contributed by atoms with Gasteiger partial charge in [0.25, 0.3) is 0 Å². The number of hydrogen-bond donors (Lipinski definition) is 2. The van der Waals surface area contributed by atoms with Gasteiger partial charge in [-0.15, -0.1) is 0 Å². The van der Waals surface area contributed by atoms with Gasteiger partial charge in [0.2, 0.25) is 0 Å². The van der Waals surface area contributed by atoms with E-state index in [0.29, 0.717) is 12.1 Å². The zero-order valence-corrected chi connectivity index (χ0v) is 30.9. The molecule has 6 heteroatoms. The molecular formula is C42H51N4PS. The summed E-state index contributed by atoms with van der Waals surface area (Å²) < 4.78 is 0. The fraction of sp³-hybridized carbons (Fsp3) is 0.286. The van der Waals surface area contributed by atoms with Gasteiger partial charge in [0.1, 0.15) is 6.34 Å². The monoisotopic (exact) mass is 674 g/mol. The lowest BCUT2D eigenvalue weighted by molar-refractivity contribution is 0.161. The molecule has 0 unspecified atom stereocenters. The Balaban J connectivity index is 1.71. The van der Waals surface area contributed by atoms with Crippen LogP contribution in [0, 0.1) is 0 Å². The lowest BCUT2D eigenvalue weighted by Gasteiger charge is -2.44. The van der Waals surface area contributed by atoms with E-state index in [1.54, 1.807) is 0 Å². The molecule has 0 fully saturated rings. The quantitative estimate of drug-likeness (QED) is 0.108. The molecule has 5 rings (SSSR count). The molecule has 0 bridgehead atoms. The third-order valence-electron chi connectivity index (χ3n) is 9.50. The maximum atomic E-state index is 7.02. The van der Waals surface area contributed by atoms with Crippen LogP contribution in [0.2, 0.25) is 0 Å². The fourth-order valence-corrected chi connectivity index (χ4v) is 9.84. The van der Waals surface area contributed by atoms with E-state index < -0.39 is 6.34 Å². The molecule has 5 aromatic carbocycles. The molecule has 250 valence electrons. The lowest BCUT2D eigenvalue weighted by atomic mass is 9.92. The second-order valence-electron chi connectivity index (χ2n) is 13.2. The van der Waals surface area contributed by atoms with Gasteiger partial charge < -0.3 is 0 Å². The molecule has 48 heavy (non-hydrogen) atoms. The van der Waals surface area contributed by atoms with Crippen LogP contribution in [0.1, 0.15) is 74.1 Å². The Morgan fingerprint density at radius 2 is 0.708 bits per heavy atom. The van der Waals surface area contributed by atoms with Gasteiger partial charge in [0, 0.05) is 17.4 Å². The van der Waals surface area contributed by atoms with Crippen molar-refractivity contribution in [3.8, 4) is 0 Å². The SMILES string of the molecule is CC(C)N(C)[C@H](c1ccccc1)[C@H](NP(=S)(N[C@H](c1ccccc1)[C@@H](c1ccccc1)N(C)C(C)C)c1ccccc1)c1ccccc1. The van der Waals surface area contributed by atoms with Crippen molar-refractivity contribution in [1.82, 2.24) is 20.0 Å². The van der Waals surface area contributed by atoms with E-state index in [0.717, 1.165) is 5.30 Å². The van der Waals surface area contributed by atoms with E-state index in [4.69, 9.17) is 11.8 Å². The highest BCUT2D eigenvalue weighted by Gasteiger charge is 2.38. The number of hydrogen-bond acceptors (Lipinski definition) is 3. The van der Waals surface area contributed by atoms with E-state index in [1.807, 2.05) is 0 Å². The first kappa shape index (κ1) is 35.9. The Morgan fingerprint density at radius 3 is 1.00 bits per heavy atom. The molecular weight excluding hydrogens is 624 g/mol. The highest BCUT2D eigenvalue weighted by Crippen LogP contribution is 2.49. The van der Waals surface area contributed by atoms with Crippen molar-refractivity contribution in [3.63, 3.8) is 0 Å². The van der Waals surface area contributed by atoms with Crippen LogP contribution in [-0.4, -0.2) is 36.0 Å². The lowest BCUT2D eigenvalue weighted by Crippen LogP contribution is -2.45. The number of nitrogens with one attached hydrogen (secondary N) is 2. The van der Waals surface area contributed by atoms with Crippen LogP contribution in [0.25, 0.3) is 0 Å². The Hall–Kier alpha value is -3.41. The highest BCUT2D eigenvalue weighted by atomic mass is 32.4. The van der Waals surface area contributed by atoms with Crippen LogP contribution in [0.4, 0.5) is 0 Å². The largest absolute Gasteiger partial charge is 0.295 e. The van der Waals surface area contributed by atoms with E-state index >= 15 is 0 Å². The first-order chi connectivity index (χ1) is 23.2. The van der Waals surface area contributed by atoms with Gasteiger partial charge in [0.15, 0.2) is 0 Å². The molecule has 0 saturated carbocycles. The van der Waals surface area contributed by atoms with Crippen molar-refractivity contribution in [1.29, 1.82) is 0 Å². The topological polar surface area (TPSA) is 30.5 Å². The average Bonchev–Trinajstić information content (AvgIpc) is 3.13. The van der Waals surface area contributed by atoms with Crippen LogP contribution in [-0.2, 0) is 11.8 Å². The number of rotatable bonds is 15. The molecule has 0 aliphatic heterocycles. The Labute approximate surface area is 294 Å². The summed E-state index contributed by atoms with van der Waals surface area (Å²) in [6.07, 6.45) is -2.72. The van der Waals surface area contributed by atoms with Crippen molar-refractivity contribution >= 4 is 23.5 Å². The van der Waals surface area contributed by atoms with Gasteiger partial charge >= 0.3 is 0 Å². The van der Waals surface area contributed by atoms with E-state index in [9.17, 15) is 0 Å². The smallest absolute Gasteiger partial charge is 0.102 e. The summed E-state index contributed by atoms with van der Waals surface area (Å²) in [5.74, 6) is 0. The molecule has 4 nitrogen and oxygen atoms in total. The predicted octanol–water partition coefficient (Wildman–Crippen LogP) is 9.45. The van der Waals surface area contributed by atoms with E-state index in [-0.39, 0.29) is 24.2 Å². The minimum absolute atomic E-state index is 0.0277. The summed E-state index contributed by atoms with van der Waals surface area (Å²) in [5.41, 5.74) is 4.93. The van der Waals surface area contributed by atoms with Crippen molar-refractivity contribution < 1.29 is 0 Å². The minimum Gasteiger partial charge on any atom is -0.295 e. The molecule has 0 aliphatic rings. The highest BCUT2D eigenvalue weighted by molar-refractivity contribution is 8.16. The van der Waals surface area contributed by atoms with Crippen molar-refractivity contribution in [2.45, 2.75) is 63.9 Å². The van der Waals surface area contributed by atoms with Crippen LogP contribution in [0.5, 0.6) is 0 Å². The van der Waals surface area contributed by atoms with Crippen LogP contribution in [0.3, 0.4) is 0 Å². The standard InChI is InChI=1S/C42H51N4PS/c1-32(2)45(5)41(36-26-16-9-17-27-36)39(34-22-12-7-13-23-34)43-47(48,38-30-20-11-21-31-38)44-40(35-24-14-8-15-25-35)42(46(6)33(3)4)37-28-18-10-19-29-37/h7-33,39-42H,1-6H3,(H2,43,44,48)/t39-,40-,41-,42-/m1/s1. The molecule has 0 saturated heterocycles. The molecule has 0 radical (unpaired) electrons. The Kier molecular flexibility index (Phi) is 12.6. The maximum Gasteiger partial charge on any atom is 0.102 e. The first-order valence-electron chi connectivity index (χ1n) is 17.0. The zero-order valence-electron chi connectivity index (χ0n) is 29.1. The van der Waals surface area contributed by atoms with E-state index in [1.165, 1.54) is 22.3 Å². The third kappa shape index (κ3) is 8.59. The summed E-state index contributed by atoms with van der Waals surface area (Å²) in [7, 11) is 4.46. The molecule has 5 aromatic rings. The van der Waals surface area contributed by atoms with Crippen LogP contribution < -0.4 is 15.5 Å². The van der Waals surface area contributed by atoms with Gasteiger partial charge in [-0.25, -0.2) is 0 Å². The van der Waals surface area contributed by atoms with Gasteiger partial charge in [-0.2, -0.15) is 0 Å². The zero-order chi connectivity index (χ0) is 34.1. The fourth-order valence-electron chi connectivity index (χ4n) is 6.46. The van der Waals surface area contributed by atoms with Crippen molar-refractivity contribution in [3.05, 3.63) is 174 Å². The normalized spacial score (nSPS) is 14.7. The second-order valence-corrected chi connectivity index (χ2v) is 17.1. The molecule has 0 heterocycles.